The highest BCUT2D eigenvalue weighted by atomic mass is 32.1. The van der Waals surface area contributed by atoms with E-state index in [1.807, 2.05) is 84.2 Å². The molecule has 1 N–H and O–H groups in total. The van der Waals surface area contributed by atoms with Crippen molar-refractivity contribution in [3.05, 3.63) is 84.2 Å². The molecule has 0 unspecified atom stereocenters. The van der Waals surface area contributed by atoms with E-state index in [0.717, 1.165) is 39.2 Å². The summed E-state index contributed by atoms with van der Waals surface area (Å²) >= 11 is 1.56. The normalized spacial score (nSPS) is 10.9. The molecule has 0 aliphatic rings. The van der Waals surface area contributed by atoms with E-state index < -0.39 is 0 Å². The second-order valence-electron chi connectivity index (χ2n) is 5.98. The van der Waals surface area contributed by atoms with Gasteiger partial charge in [0.2, 0.25) is 0 Å². The number of nitrogens with one attached hydrogen (secondary N) is 1. The van der Waals surface area contributed by atoms with Crippen LogP contribution in [0.1, 0.15) is 0 Å². The molecule has 0 spiro atoms. The molecule has 0 atom stereocenters. The van der Waals surface area contributed by atoms with Gasteiger partial charge in [-0.15, -0.1) is 11.3 Å². The molecule has 1 aromatic heterocycles. The lowest BCUT2D eigenvalue weighted by molar-refractivity contribution is 0.415. The van der Waals surface area contributed by atoms with Crippen LogP contribution in [0.15, 0.2) is 94.5 Å². The molecule has 0 radical (unpaired) electrons. The van der Waals surface area contributed by atoms with E-state index in [4.69, 9.17) is 4.74 Å². The Morgan fingerprint density at radius 2 is 1.61 bits per heavy atom. The lowest BCUT2D eigenvalue weighted by Crippen LogP contribution is -1.90. The summed E-state index contributed by atoms with van der Waals surface area (Å²) in [5.41, 5.74) is 4.53. The monoisotopic (exact) mass is 386 g/mol. The zero-order valence-corrected chi connectivity index (χ0v) is 16.1. The topological polar surface area (TPSA) is 58.9 Å². The van der Waals surface area contributed by atoms with E-state index in [2.05, 4.69) is 20.5 Å². The molecule has 0 bridgehead atoms. The quantitative estimate of drug-likeness (QED) is 0.364. The Bertz CT molecular complexity index is 1080. The van der Waals surface area contributed by atoms with Crippen molar-refractivity contribution in [3.8, 4) is 17.0 Å². The second-order valence-corrected chi connectivity index (χ2v) is 6.84. The first-order chi connectivity index (χ1) is 13.8. The number of hydrogen-bond donors (Lipinski definition) is 1. The Labute approximate surface area is 167 Å². The van der Waals surface area contributed by atoms with Gasteiger partial charge < -0.3 is 10.1 Å². The fourth-order valence-electron chi connectivity index (χ4n) is 2.60. The fraction of sp³-hybridized carbons (Fsp3) is 0.0455. The lowest BCUT2D eigenvalue weighted by atomic mass is 10.1. The molecular formula is C22H18N4OS. The van der Waals surface area contributed by atoms with Crippen LogP contribution < -0.4 is 10.1 Å². The van der Waals surface area contributed by atoms with Crippen LogP contribution >= 0.6 is 11.3 Å². The molecular weight excluding hydrogens is 368 g/mol. The zero-order chi connectivity index (χ0) is 19.2. The van der Waals surface area contributed by atoms with Gasteiger partial charge in [0.25, 0.3) is 0 Å². The maximum Gasteiger partial charge on any atom is 0.187 e. The van der Waals surface area contributed by atoms with E-state index in [1.54, 1.807) is 18.4 Å². The van der Waals surface area contributed by atoms with Gasteiger partial charge >= 0.3 is 0 Å². The Hall–Kier alpha value is -3.51. The number of azo groups is 1. The standard InChI is InChI=1S/C22H18N4OS/c1-27-20-9-5-8-19(14-20)23-22-24-21(15-28-22)16-10-12-18(13-11-16)26-25-17-6-3-2-4-7-17/h2-15H,1H3,(H,23,24). The van der Waals surface area contributed by atoms with Crippen LogP contribution in [0.5, 0.6) is 5.75 Å². The average Bonchev–Trinajstić information content (AvgIpc) is 3.22. The number of anilines is 2. The number of thiazole rings is 1. The van der Waals surface area contributed by atoms with Gasteiger partial charge in [-0.05, 0) is 36.4 Å². The van der Waals surface area contributed by atoms with Crippen molar-refractivity contribution in [2.24, 2.45) is 10.2 Å². The van der Waals surface area contributed by atoms with Crippen LogP contribution in [0, 0.1) is 0 Å². The lowest BCUT2D eigenvalue weighted by Gasteiger charge is -2.04. The third-order valence-corrected chi connectivity index (χ3v) is 4.78. The predicted octanol–water partition coefficient (Wildman–Crippen LogP) is 6.98. The molecule has 138 valence electrons. The highest BCUT2D eigenvalue weighted by Gasteiger charge is 2.06. The van der Waals surface area contributed by atoms with Gasteiger partial charge in [0.15, 0.2) is 5.13 Å². The van der Waals surface area contributed by atoms with E-state index in [1.165, 1.54) is 0 Å². The summed E-state index contributed by atoms with van der Waals surface area (Å²) in [6.45, 7) is 0. The van der Waals surface area contributed by atoms with Crippen molar-refractivity contribution < 1.29 is 4.74 Å². The van der Waals surface area contributed by atoms with E-state index in [-0.39, 0.29) is 0 Å². The average molecular weight is 386 g/mol. The third-order valence-electron chi connectivity index (χ3n) is 4.03. The summed E-state index contributed by atoms with van der Waals surface area (Å²) in [6.07, 6.45) is 0. The first kappa shape index (κ1) is 17.9. The van der Waals surface area contributed by atoms with Crippen molar-refractivity contribution >= 4 is 33.5 Å². The van der Waals surface area contributed by atoms with Gasteiger partial charge in [-0.25, -0.2) is 4.98 Å². The van der Waals surface area contributed by atoms with Crippen molar-refractivity contribution in [3.63, 3.8) is 0 Å². The number of aromatic nitrogens is 1. The van der Waals surface area contributed by atoms with Crippen molar-refractivity contribution in [1.29, 1.82) is 0 Å². The van der Waals surface area contributed by atoms with Gasteiger partial charge in [-0.1, -0.05) is 36.4 Å². The van der Waals surface area contributed by atoms with Crippen molar-refractivity contribution in [1.82, 2.24) is 4.98 Å². The third kappa shape index (κ3) is 4.42. The zero-order valence-electron chi connectivity index (χ0n) is 15.2. The van der Waals surface area contributed by atoms with Crippen LogP contribution in [0.25, 0.3) is 11.3 Å². The number of nitrogens with zero attached hydrogens (tertiary/aromatic N) is 3. The molecule has 5 nitrogen and oxygen atoms in total. The number of ether oxygens (including phenoxy) is 1. The Morgan fingerprint density at radius 3 is 2.36 bits per heavy atom. The summed E-state index contributed by atoms with van der Waals surface area (Å²) in [6, 6.07) is 25.3. The molecule has 6 heteroatoms. The first-order valence-electron chi connectivity index (χ1n) is 8.74. The van der Waals surface area contributed by atoms with Gasteiger partial charge in [0.05, 0.1) is 24.2 Å². The maximum atomic E-state index is 5.25. The minimum atomic E-state index is 0.803. The molecule has 4 rings (SSSR count). The van der Waals surface area contributed by atoms with E-state index in [9.17, 15) is 0 Å². The molecule has 4 aromatic rings. The number of hydrogen-bond acceptors (Lipinski definition) is 6. The van der Waals surface area contributed by atoms with E-state index in [0.29, 0.717) is 0 Å². The van der Waals surface area contributed by atoms with Gasteiger partial charge in [0, 0.05) is 22.7 Å². The predicted molar refractivity (Wildman–Crippen MR) is 114 cm³/mol. The van der Waals surface area contributed by atoms with Crippen LogP contribution in [-0.4, -0.2) is 12.1 Å². The molecule has 0 aliphatic carbocycles. The molecule has 0 fully saturated rings. The fourth-order valence-corrected chi connectivity index (χ4v) is 3.34. The summed E-state index contributed by atoms with van der Waals surface area (Å²) < 4.78 is 5.25. The molecule has 3 aromatic carbocycles. The Kier molecular flexibility index (Phi) is 5.40. The number of rotatable bonds is 6. The van der Waals surface area contributed by atoms with Crippen LogP contribution in [0.3, 0.4) is 0 Å². The van der Waals surface area contributed by atoms with Crippen LogP contribution in [0.2, 0.25) is 0 Å². The Balaban J connectivity index is 1.45. The minimum Gasteiger partial charge on any atom is -0.497 e. The molecule has 0 saturated carbocycles. The summed E-state index contributed by atoms with van der Waals surface area (Å²) in [7, 11) is 1.66. The van der Waals surface area contributed by atoms with Gasteiger partial charge in [0.1, 0.15) is 5.75 Å². The van der Waals surface area contributed by atoms with Crippen molar-refractivity contribution in [2.45, 2.75) is 0 Å². The summed E-state index contributed by atoms with van der Waals surface area (Å²) in [4.78, 5) is 4.67. The smallest absolute Gasteiger partial charge is 0.187 e. The first-order valence-corrected chi connectivity index (χ1v) is 9.62. The van der Waals surface area contributed by atoms with E-state index >= 15 is 0 Å². The van der Waals surface area contributed by atoms with Crippen molar-refractivity contribution in [2.75, 3.05) is 12.4 Å². The SMILES string of the molecule is COc1cccc(Nc2nc(-c3ccc(N=Nc4ccccc4)cc3)cs2)c1. The maximum absolute atomic E-state index is 5.25. The Morgan fingerprint density at radius 1 is 0.857 bits per heavy atom. The molecule has 0 saturated heterocycles. The number of benzene rings is 3. The molecule has 1 heterocycles. The number of methoxy groups -OCH3 is 1. The largest absolute Gasteiger partial charge is 0.497 e. The van der Waals surface area contributed by atoms with Crippen LogP contribution in [-0.2, 0) is 0 Å². The van der Waals surface area contributed by atoms with Crippen LogP contribution in [0.4, 0.5) is 22.2 Å². The second kappa shape index (κ2) is 8.45. The highest BCUT2D eigenvalue weighted by molar-refractivity contribution is 7.14. The molecule has 0 aliphatic heterocycles. The van der Waals surface area contributed by atoms with Gasteiger partial charge in [-0.2, -0.15) is 10.2 Å². The highest BCUT2D eigenvalue weighted by Crippen LogP contribution is 2.29. The molecule has 0 amide bonds. The van der Waals surface area contributed by atoms with Gasteiger partial charge in [-0.3, -0.25) is 0 Å². The summed E-state index contributed by atoms with van der Waals surface area (Å²) in [5.74, 6) is 0.807. The molecule has 28 heavy (non-hydrogen) atoms. The minimum absolute atomic E-state index is 0.803. The summed E-state index contributed by atoms with van der Waals surface area (Å²) in [5, 5.41) is 14.7.